The van der Waals surface area contributed by atoms with Gasteiger partial charge >= 0.3 is 0 Å². The SMILES string of the molecule is C[C@H]([NH2+]Cc1nnc(-c2ccc(Cl)cc2)o1)c1ccc(Cl)cc1. The molecule has 0 aliphatic heterocycles. The lowest BCUT2D eigenvalue weighted by Crippen LogP contribution is -2.83. The van der Waals surface area contributed by atoms with E-state index in [0.29, 0.717) is 23.3 Å². The molecule has 3 aromatic rings. The molecule has 3 rings (SSSR count). The van der Waals surface area contributed by atoms with Crippen molar-refractivity contribution >= 4 is 23.2 Å². The number of aromatic nitrogens is 2. The molecule has 1 heterocycles. The van der Waals surface area contributed by atoms with E-state index in [2.05, 4.69) is 22.4 Å². The second kappa shape index (κ2) is 7.13. The summed E-state index contributed by atoms with van der Waals surface area (Å²) in [5.74, 6) is 1.10. The van der Waals surface area contributed by atoms with Gasteiger partial charge < -0.3 is 9.73 Å². The number of hydrogen-bond donors (Lipinski definition) is 1. The van der Waals surface area contributed by atoms with Crippen LogP contribution in [0.5, 0.6) is 0 Å². The molecule has 0 bridgehead atoms. The van der Waals surface area contributed by atoms with Crippen molar-refractivity contribution in [1.82, 2.24) is 10.2 Å². The van der Waals surface area contributed by atoms with Crippen LogP contribution >= 0.6 is 23.2 Å². The first-order chi connectivity index (χ1) is 11.1. The molecule has 118 valence electrons. The van der Waals surface area contributed by atoms with Crippen LogP contribution in [-0.4, -0.2) is 10.2 Å². The average Bonchev–Trinajstić information content (AvgIpc) is 3.03. The van der Waals surface area contributed by atoms with Crippen molar-refractivity contribution in [2.24, 2.45) is 0 Å². The van der Waals surface area contributed by atoms with Gasteiger partial charge in [0.25, 0.3) is 5.89 Å². The zero-order valence-corrected chi connectivity index (χ0v) is 14.1. The van der Waals surface area contributed by atoms with E-state index in [-0.39, 0.29) is 6.04 Å². The van der Waals surface area contributed by atoms with Crippen LogP contribution in [-0.2, 0) is 6.54 Å². The molecule has 0 spiro atoms. The zero-order chi connectivity index (χ0) is 16.2. The fourth-order valence-electron chi connectivity index (χ4n) is 2.23. The van der Waals surface area contributed by atoms with Crippen LogP contribution in [0.4, 0.5) is 0 Å². The predicted molar refractivity (Wildman–Crippen MR) is 90.2 cm³/mol. The average molecular weight is 349 g/mol. The van der Waals surface area contributed by atoms with Crippen molar-refractivity contribution in [1.29, 1.82) is 0 Å². The van der Waals surface area contributed by atoms with Gasteiger partial charge in [0.2, 0.25) is 5.89 Å². The Morgan fingerprint density at radius 3 is 2.22 bits per heavy atom. The van der Waals surface area contributed by atoms with Gasteiger partial charge in [-0.1, -0.05) is 35.3 Å². The van der Waals surface area contributed by atoms with Crippen LogP contribution in [0.15, 0.2) is 52.9 Å². The minimum absolute atomic E-state index is 0.276. The van der Waals surface area contributed by atoms with Crippen LogP contribution < -0.4 is 5.32 Å². The molecular weight excluding hydrogens is 333 g/mol. The molecular formula is C17H16Cl2N3O+. The molecule has 0 fully saturated rings. The quantitative estimate of drug-likeness (QED) is 0.761. The van der Waals surface area contributed by atoms with E-state index in [4.69, 9.17) is 27.6 Å². The third-order valence-electron chi connectivity index (χ3n) is 3.60. The van der Waals surface area contributed by atoms with E-state index in [0.717, 1.165) is 10.6 Å². The van der Waals surface area contributed by atoms with Crippen LogP contribution in [0.3, 0.4) is 0 Å². The van der Waals surface area contributed by atoms with E-state index in [1.807, 2.05) is 36.4 Å². The van der Waals surface area contributed by atoms with Gasteiger partial charge in [-0.25, -0.2) is 0 Å². The van der Waals surface area contributed by atoms with Crippen molar-refractivity contribution in [3.8, 4) is 11.5 Å². The second-order valence-electron chi connectivity index (χ2n) is 5.29. The van der Waals surface area contributed by atoms with Gasteiger partial charge in [0.15, 0.2) is 6.54 Å². The molecule has 0 aliphatic carbocycles. The van der Waals surface area contributed by atoms with Crippen molar-refractivity contribution in [3.63, 3.8) is 0 Å². The standard InChI is InChI=1S/C17H15Cl2N3O/c1-11(12-2-6-14(18)7-3-12)20-10-16-21-22-17(23-16)13-4-8-15(19)9-5-13/h2-9,11,20H,10H2,1H3/p+1/t11-/m0/s1. The van der Waals surface area contributed by atoms with Gasteiger partial charge in [0, 0.05) is 21.2 Å². The van der Waals surface area contributed by atoms with Crippen LogP contribution in [0, 0.1) is 0 Å². The third kappa shape index (κ3) is 4.10. The normalized spacial score (nSPS) is 12.3. The molecule has 1 atom stereocenters. The molecule has 6 heteroatoms. The summed E-state index contributed by atoms with van der Waals surface area (Å²) in [6.07, 6.45) is 0. The molecule has 4 nitrogen and oxygen atoms in total. The predicted octanol–water partition coefficient (Wildman–Crippen LogP) is 3.87. The molecule has 0 saturated heterocycles. The first kappa shape index (κ1) is 16.0. The van der Waals surface area contributed by atoms with Crippen LogP contribution in [0.25, 0.3) is 11.5 Å². The first-order valence-electron chi connectivity index (χ1n) is 7.29. The van der Waals surface area contributed by atoms with Crippen molar-refractivity contribution in [2.75, 3.05) is 0 Å². The third-order valence-corrected chi connectivity index (χ3v) is 4.10. The minimum Gasteiger partial charge on any atom is -0.415 e. The number of rotatable bonds is 5. The van der Waals surface area contributed by atoms with Crippen LogP contribution in [0.1, 0.15) is 24.4 Å². The Morgan fingerprint density at radius 2 is 1.57 bits per heavy atom. The summed E-state index contributed by atoms with van der Waals surface area (Å²) in [5, 5.41) is 11.7. The summed E-state index contributed by atoms with van der Waals surface area (Å²) in [6.45, 7) is 2.74. The number of benzene rings is 2. The maximum Gasteiger partial charge on any atom is 0.271 e. The number of quaternary nitrogens is 1. The van der Waals surface area contributed by atoms with Gasteiger partial charge in [-0.05, 0) is 43.3 Å². The molecule has 23 heavy (non-hydrogen) atoms. The van der Waals surface area contributed by atoms with Gasteiger partial charge in [-0.2, -0.15) is 0 Å². The molecule has 0 saturated carbocycles. The van der Waals surface area contributed by atoms with Crippen LogP contribution in [0.2, 0.25) is 10.0 Å². The lowest BCUT2D eigenvalue weighted by Gasteiger charge is -2.09. The maximum absolute atomic E-state index is 5.91. The van der Waals surface area contributed by atoms with E-state index in [9.17, 15) is 0 Å². The number of halogens is 2. The number of nitrogens with two attached hydrogens (primary N) is 1. The number of hydrogen-bond acceptors (Lipinski definition) is 3. The lowest BCUT2D eigenvalue weighted by atomic mass is 10.1. The Bertz CT molecular complexity index is 769. The molecule has 0 aliphatic rings. The monoisotopic (exact) mass is 348 g/mol. The van der Waals surface area contributed by atoms with Crippen molar-refractivity contribution < 1.29 is 9.73 Å². The Hall–Kier alpha value is -1.88. The summed E-state index contributed by atoms with van der Waals surface area (Å²) >= 11 is 11.8. The molecule has 0 radical (unpaired) electrons. The molecule has 2 N–H and O–H groups in total. The van der Waals surface area contributed by atoms with E-state index < -0.39 is 0 Å². The Morgan fingerprint density at radius 1 is 0.957 bits per heavy atom. The highest BCUT2D eigenvalue weighted by Crippen LogP contribution is 2.20. The maximum atomic E-state index is 5.91. The molecule has 0 unspecified atom stereocenters. The lowest BCUT2D eigenvalue weighted by molar-refractivity contribution is -0.709. The topological polar surface area (TPSA) is 55.5 Å². The second-order valence-corrected chi connectivity index (χ2v) is 6.16. The fourth-order valence-corrected chi connectivity index (χ4v) is 2.48. The highest BCUT2D eigenvalue weighted by molar-refractivity contribution is 6.30. The smallest absolute Gasteiger partial charge is 0.271 e. The summed E-state index contributed by atoms with van der Waals surface area (Å²) in [4.78, 5) is 0. The Kier molecular flexibility index (Phi) is 4.96. The zero-order valence-electron chi connectivity index (χ0n) is 12.5. The Balaban J connectivity index is 1.63. The molecule has 1 aromatic heterocycles. The summed E-state index contributed by atoms with van der Waals surface area (Å²) < 4.78 is 5.70. The molecule has 2 aromatic carbocycles. The summed E-state index contributed by atoms with van der Waals surface area (Å²) in [5.41, 5.74) is 2.06. The van der Waals surface area contributed by atoms with Crippen molar-refractivity contribution in [3.05, 3.63) is 70.0 Å². The van der Waals surface area contributed by atoms with Gasteiger partial charge in [-0.3, -0.25) is 0 Å². The molecule has 0 amide bonds. The van der Waals surface area contributed by atoms with Gasteiger partial charge in [-0.15, -0.1) is 10.2 Å². The van der Waals surface area contributed by atoms with E-state index in [1.54, 1.807) is 12.1 Å². The van der Waals surface area contributed by atoms with Crippen molar-refractivity contribution in [2.45, 2.75) is 19.5 Å². The highest BCUT2D eigenvalue weighted by Gasteiger charge is 2.13. The number of nitrogens with zero attached hydrogens (tertiary/aromatic N) is 2. The van der Waals surface area contributed by atoms with Gasteiger partial charge in [0.05, 0.1) is 0 Å². The van der Waals surface area contributed by atoms with Gasteiger partial charge in [0.1, 0.15) is 6.04 Å². The summed E-state index contributed by atoms with van der Waals surface area (Å²) in [7, 11) is 0. The largest absolute Gasteiger partial charge is 0.415 e. The summed E-state index contributed by atoms with van der Waals surface area (Å²) in [6, 6.07) is 15.4. The first-order valence-corrected chi connectivity index (χ1v) is 8.04. The fraction of sp³-hybridized carbons (Fsp3) is 0.176. The minimum atomic E-state index is 0.276. The van der Waals surface area contributed by atoms with E-state index in [1.165, 1.54) is 5.56 Å². The van der Waals surface area contributed by atoms with E-state index >= 15 is 0 Å². The Labute approximate surface area is 144 Å². The highest BCUT2D eigenvalue weighted by atomic mass is 35.5.